The molecule has 4 N–H and O–H groups in total. The first-order valence-corrected chi connectivity index (χ1v) is 5.78. The second-order valence-electron chi connectivity index (χ2n) is 4.43. The smallest absolute Gasteiger partial charge is 0.148 e. The van der Waals surface area contributed by atoms with Gasteiger partial charge in [0.2, 0.25) is 0 Å². The third kappa shape index (κ3) is 2.32. The van der Waals surface area contributed by atoms with Crippen LogP contribution < -0.4 is 16.6 Å². The molecule has 6 nitrogen and oxygen atoms in total. The molecule has 1 heterocycles. The Bertz CT molecular complexity index is 386. The van der Waals surface area contributed by atoms with Gasteiger partial charge in [0.15, 0.2) is 0 Å². The fourth-order valence-corrected chi connectivity index (χ4v) is 2.04. The minimum Gasteiger partial charge on any atom is -0.376 e. The standard InChI is InChI=1S/C11H19N5O/c1-8-9(14-7-15-10(8)16-12)13-6-11(17-2)4-3-5-11/h7H,3-6,12H2,1-2H3,(H2,13,14,15,16). The van der Waals surface area contributed by atoms with Crippen LogP contribution in [-0.2, 0) is 4.74 Å². The highest BCUT2D eigenvalue weighted by molar-refractivity contribution is 5.55. The van der Waals surface area contributed by atoms with Crippen LogP contribution >= 0.6 is 0 Å². The molecule has 1 saturated carbocycles. The maximum atomic E-state index is 5.55. The van der Waals surface area contributed by atoms with Crippen molar-refractivity contribution in [2.24, 2.45) is 5.84 Å². The lowest BCUT2D eigenvalue weighted by Crippen LogP contribution is -2.45. The highest BCUT2D eigenvalue weighted by Gasteiger charge is 2.36. The summed E-state index contributed by atoms with van der Waals surface area (Å²) < 4.78 is 5.55. The van der Waals surface area contributed by atoms with Crippen LogP contribution in [0.4, 0.5) is 11.6 Å². The minimum absolute atomic E-state index is 0.0201. The monoisotopic (exact) mass is 237 g/mol. The summed E-state index contributed by atoms with van der Waals surface area (Å²) in [5.74, 6) is 6.82. The lowest BCUT2D eigenvalue weighted by molar-refractivity contribution is -0.0601. The van der Waals surface area contributed by atoms with Crippen molar-refractivity contribution in [3.05, 3.63) is 11.9 Å². The third-order valence-electron chi connectivity index (χ3n) is 3.50. The van der Waals surface area contributed by atoms with Crippen LogP contribution in [-0.4, -0.2) is 29.2 Å². The molecule has 0 aliphatic heterocycles. The molecule has 0 spiro atoms. The van der Waals surface area contributed by atoms with E-state index in [0.29, 0.717) is 5.82 Å². The topological polar surface area (TPSA) is 85.1 Å². The van der Waals surface area contributed by atoms with E-state index < -0.39 is 0 Å². The summed E-state index contributed by atoms with van der Waals surface area (Å²) >= 11 is 0. The van der Waals surface area contributed by atoms with Crippen molar-refractivity contribution in [1.82, 2.24) is 9.97 Å². The van der Waals surface area contributed by atoms with Crippen LogP contribution in [0.25, 0.3) is 0 Å². The number of hydrazine groups is 1. The molecular weight excluding hydrogens is 218 g/mol. The summed E-state index contributed by atoms with van der Waals surface area (Å²) in [5.41, 5.74) is 3.45. The summed E-state index contributed by atoms with van der Waals surface area (Å²) in [6, 6.07) is 0. The Morgan fingerprint density at radius 2 is 2.12 bits per heavy atom. The molecule has 1 fully saturated rings. The molecule has 0 amide bonds. The van der Waals surface area contributed by atoms with Crippen LogP contribution in [0.15, 0.2) is 6.33 Å². The maximum absolute atomic E-state index is 5.55. The molecule has 0 unspecified atom stereocenters. The Balaban J connectivity index is 2.04. The highest BCUT2D eigenvalue weighted by Crippen LogP contribution is 2.35. The third-order valence-corrected chi connectivity index (χ3v) is 3.50. The minimum atomic E-state index is -0.0201. The molecule has 1 aromatic rings. The first-order chi connectivity index (χ1) is 8.21. The van der Waals surface area contributed by atoms with E-state index in [-0.39, 0.29) is 5.60 Å². The molecule has 2 rings (SSSR count). The van der Waals surface area contributed by atoms with Gasteiger partial charge in [0.1, 0.15) is 18.0 Å². The van der Waals surface area contributed by atoms with Gasteiger partial charge in [0.05, 0.1) is 5.60 Å². The number of hydrogen-bond donors (Lipinski definition) is 3. The van der Waals surface area contributed by atoms with Crippen molar-refractivity contribution < 1.29 is 4.74 Å². The normalized spacial score (nSPS) is 17.4. The number of ether oxygens (including phenoxy) is 1. The highest BCUT2D eigenvalue weighted by atomic mass is 16.5. The first kappa shape index (κ1) is 12.1. The van der Waals surface area contributed by atoms with E-state index in [0.717, 1.165) is 30.8 Å². The molecule has 0 bridgehead atoms. The molecule has 1 aliphatic carbocycles. The van der Waals surface area contributed by atoms with Gasteiger partial charge >= 0.3 is 0 Å². The Morgan fingerprint density at radius 1 is 1.41 bits per heavy atom. The lowest BCUT2D eigenvalue weighted by Gasteiger charge is -2.40. The first-order valence-electron chi connectivity index (χ1n) is 5.78. The zero-order chi connectivity index (χ0) is 12.3. The zero-order valence-corrected chi connectivity index (χ0v) is 10.3. The number of aromatic nitrogens is 2. The molecule has 17 heavy (non-hydrogen) atoms. The number of rotatable bonds is 5. The van der Waals surface area contributed by atoms with Crippen molar-refractivity contribution >= 4 is 11.6 Å². The number of nitrogen functional groups attached to an aromatic ring is 1. The number of nitrogens with two attached hydrogens (primary N) is 1. The van der Waals surface area contributed by atoms with Crippen LogP contribution in [0.2, 0.25) is 0 Å². The molecule has 0 radical (unpaired) electrons. The van der Waals surface area contributed by atoms with E-state index in [1.165, 1.54) is 12.7 Å². The van der Waals surface area contributed by atoms with Gasteiger partial charge in [0, 0.05) is 19.2 Å². The van der Waals surface area contributed by atoms with E-state index in [4.69, 9.17) is 10.6 Å². The van der Waals surface area contributed by atoms with E-state index >= 15 is 0 Å². The number of anilines is 2. The molecule has 1 aromatic heterocycles. The zero-order valence-electron chi connectivity index (χ0n) is 10.3. The van der Waals surface area contributed by atoms with Crippen molar-refractivity contribution in [2.45, 2.75) is 31.8 Å². The fourth-order valence-electron chi connectivity index (χ4n) is 2.04. The predicted octanol–water partition coefficient (Wildman–Crippen LogP) is 1.05. The van der Waals surface area contributed by atoms with Gasteiger partial charge in [-0.2, -0.15) is 0 Å². The molecule has 0 saturated heterocycles. The van der Waals surface area contributed by atoms with E-state index in [1.807, 2.05) is 6.92 Å². The van der Waals surface area contributed by atoms with Crippen molar-refractivity contribution in [1.29, 1.82) is 0 Å². The Morgan fingerprint density at radius 3 is 2.65 bits per heavy atom. The van der Waals surface area contributed by atoms with E-state index in [2.05, 4.69) is 20.7 Å². The average molecular weight is 237 g/mol. The van der Waals surface area contributed by atoms with Crippen molar-refractivity contribution in [3.63, 3.8) is 0 Å². The molecular formula is C11H19N5O. The van der Waals surface area contributed by atoms with Crippen molar-refractivity contribution in [2.75, 3.05) is 24.4 Å². The largest absolute Gasteiger partial charge is 0.376 e. The summed E-state index contributed by atoms with van der Waals surface area (Å²) in [7, 11) is 1.76. The van der Waals surface area contributed by atoms with Crippen molar-refractivity contribution in [3.8, 4) is 0 Å². The predicted molar refractivity (Wildman–Crippen MR) is 66.7 cm³/mol. The molecule has 1 aliphatic rings. The molecule has 0 aromatic carbocycles. The number of methoxy groups -OCH3 is 1. The second kappa shape index (κ2) is 4.85. The average Bonchev–Trinajstić information content (AvgIpc) is 2.30. The van der Waals surface area contributed by atoms with Crippen LogP contribution in [0.5, 0.6) is 0 Å². The quantitative estimate of drug-likeness (QED) is 0.524. The summed E-state index contributed by atoms with van der Waals surface area (Å²) in [5, 5.41) is 3.31. The summed E-state index contributed by atoms with van der Waals surface area (Å²) in [6.45, 7) is 2.70. The van der Waals surface area contributed by atoms with Gasteiger partial charge in [0.25, 0.3) is 0 Å². The van der Waals surface area contributed by atoms with Gasteiger partial charge in [-0.15, -0.1) is 0 Å². The SMILES string of the molecule is COC1(CNc2ncnc(NN)c2C)CCC1. The number of nitrogens with one attached hydrogen (secondary N) is 2. The maximum Gasteiger partial charge on any atom is 0.148 e. The number of nitrogens with zero attached hydrogens (tertiary/aromatic N) is 2. The Labute approximate surface area is 101 Å². The lowest BCUT2D eigenvalue weighted by atomic mass is 9.80. The summed E-state index contributed by atoms with van der Waals surface area (Å²) in [4.78, 5) is 8.25. The van der Waals surface area contributed by atoms with Crippen LogP contribution in [0.3, 0.4) is 0 Å². The van der Waals surface area contributed by atoms with Gasteiger partial charge in [-0.3, -0.25) is 0 Å². The van der Waals surface area contributed by atoms with Gasteiger partial charge in [-0.25, -0.2) is 15.8 Å². The molecule has 94 valence electrons. The molecule has 6 heteroatoms. The Kier molecular flexibility index (Phi) is 3.44. The van der Waals surface area contributed by atoms with E-state index in [9.17, 15) is 0 Å². The van der Waals surface area contributed by atoms with Gasteiger partial charge < -0.3 is 15.5 Å². The molecule has 0 atom stereocenters. The van der Waals surface area contributed by atoms with E-state index in [1.54, 1.807) is 7.11 Å². The summed E-state index contributed by atoms with van der Waals surface area (Å²) in [6.07, 6.45) is 4.92. The van der Waals surface area contributed by atoms with Gasteiger partial charge in [-0.05, 0) is 26.2 Å². The second-order valence-corrected chi connectivity index (χ2v) is 4.43. The fraction of sp³-hybridized carbons (Fsp3) is 0.636. The van der Waals surface area contributed by atoms with Crippen LogP contribution in [0.1, 0.15) is 24.8 Å². The number of hydrogen-bond acceptors (Lipinski definition) is 6. The Hall–Kier alpha value is -1.40. The van der Waals surface area contributed by atoms with Gasteiger partial charge in [-0.1, -0.05) is 0 Å². The van der Waals surface area contributed by atoms with Crippen LogP contribution in [0, 0.1) is 6.92 Å².